The molecule has 0 spiro atoms. The van der Waals surface area contributed by atoms with Crippen molar-refractivity contribution in [2.24, 2.45) is 5.73 Å². The van der Waals surface area contributed by atoms with Crippen LogP contribution in [-0.2, 0) is 16.1 Å². The summed E-state index contributed by atoms with van der Waals surface area (Å²) in [7, 11) is 0. The van der Waals surface area contributed by atoms with Crippen molar-refractivity contribution < 1.29 is 14.3 Å². The molecule has 5 nitrogen and oxygen atoms in total. The first-order chi connectivity index (χ1) is 11.0. The molecular formula is C17H17ClN2O3. The first-order valence-corrected chi connectivity index (χ1v) is 7.39. The van der Waals surface area contributed by atoms with Gasteiger partial charge in [0.05, 0.1) is 0 Å². The number of ether oxygens (including phenoxy) is 1. The second-order valence-corrected chi connectivity index (χ2v) is 5.50. The van der Waals surface area contributed by atoms with Crippen LogP contribution in [0.4, 0.5) is 5.69 Å². The normalized spacial score (nSPS) is 11.7. The van der Waals surface area contributed by atoms with Gasteiger partial charge in [-0.05, 0) is 23.8 Å². The van der Waals surface area contributed by atoms with Gasteiger partial charge in [0.1, 0.15) is 12.6 Å². The molecule has 6 heteroatoms. The van der Waals surface area contributed by atoms with Gasteiger partial charge in [0.15, 0.2) is 5.78 Å². The summed E-state index contributed by atoms with van der Waals surface area (Å²) < 4.78 is 5.11. The minimum absolute atomic E-state index is 0.116. The number of anilines is 1. The van der Waals surface area contributed by atoms with E-state index < -0.39 is 12.0 Å². The van der Waals surface area contributed by atoms with Crippen molar-refractivity contribution in [1.29, 1.82) is 0 Å². The SMILES string of the molecule is Nc1cc(Cl)ccc1C(=O)CC(N)C(=O)OCc1ccccc1. The summed E-state index contributed by atoms with van der Waals surface area (Å²) in [4.78, 5) is 24.0. The van der Waals surface area contributed by atoms with E-state index in [0.29, 0.717) is 10.6 Å². The monoisotopic (exact) mass is 332 g/mol. The van der Waals surface area contributed by atoms with Gasteiger partial charge in [0, 0.05) is 22.7 Å². The number of Topliss-reactive ketones (excluding diaryl/α,β-unsaturated/α-hetero) is 1. The Hall–Kier alpha value is -2.37. The number of nitrogen functional groups attached to an aromatic ring is 1. The maximum Gasteiger partial charge on any atom is 0.323 e. The quantitative estimate of drug-likeness (QED) is 0.481. The second kappa shape index (κ2) is 7.76. The molecule has 2 aromatic carbocycles. The molecule has 0 heterocycles. The Morgan fingerprint density at radius 2 is 1.83 bits per heavy atom. The van der Waals surface area contributed by atoms with Crippen molar-refractivity contribution in [3.05, 3.63) is 64.7 Å². The third-order valence-electron chi connectivity index (χ3n) is 3.25. The third-order valence-corrected chi connectivity index (χ3v) is 3.48. The summed E-state index contributed by atoms with van der Waals surface area (Å²) in [6.45, 7) is 0.116. The number of ketones is 1. The van der Waals surface area contributed by atoms with Gasteiger partial charge >= 0.3 is 5.97 Å². The first kappa shape index (κ1) is 17.0. The van der Waals surface area contributed by atoms with Gasteiger partial charge in [-0.3, -0.25) is 9.59 Å². The van der Waals surface area contributed by atoms with Crippen LogP contribution in [0.2, 0.25) is 5.02 Å². The summed E-state index contributed by atoms with van der Waals surface area (Å²) in [6.07, 6.45) is -0.181. The summed E-state index contributed by atoms with van der Waals surface area (Å²) in [5.41, 5.74) is 12.9. The maximum atomic E-state index is 12.2. The fraction of sp³-hybridized carbons (Fsp3) is 0.176. The van der Waals surface area contributed by atoms with E-state index in [1.807, 2.05) is 30.3 Å². The van der Waals surface area contributed by atoms with Gasteiger partial charge in [-0.15, -0.1) is 0 Å². The lowest BCUT2D eigenvalue weighted by Crippen LogP contribution is -2.34. The molecule has 0 aliphatic carbocycles. The Bertz CT molecular complexity index is 704. The van der Waals surface area contributed by atoms with E-state index in [1.54, 1.807) is 6.07 Å². The highest BCUT2D eigenvalue weighted by molar-refractivity contribution is 6.31. The number of carbonyl (C=O) groups excluding carboxylic acids is 2. The van der Waals surface area contributed by atoms with Crippen molar-refractivity contribution in [3.8, 4) is 0 Å². The molecule has 23 heavy (non-hydrogen) atoms. The minimum Gasteiger partial charge on any atom is -0.460 e. The van der Waals surface area contributed by atoms with Gasteiger partial charge in [-0.1, -0.05) is 41.9 Å². The number of hydrogen-bond acceptors (Lipinski definition) is 5. The molecule has 0 saturated heterocycles. The molecular weight excluding hydrogens is 316 g/mol. The zero-order valence-corrected chi connectivity index (χ0v) is 13.1. The zero-order valence-electron chi connectivity index (χ0n) is 12.4. The number of rotatable bonds is 6. The van der Waals surface area contributed by atoms with Crippen LogP contribution in [0, 0.1) is 0 Å². The molecule has 2 aromatic rings. The molecule has 4 N–H and O–H groups in total. The molecule has 0 saturated carbocycles. The highest BCUT2D eigenvalue weighted by atomic mass is 35.5. The van der Waals surface area contributed by atoms with Gasteiger partial charge < -0.3 is 16.2 Å². The van der Waals surface area contributed by atoms with Gasteiger partial charge in [-0.25, -0.2) is 0 Å². The molecule has 0 radical (unpaired) electrons. The van der Waals surface area contributed by atoms with Crippen LogP contribution < -0.4 is 11.5 Å². The molecule has 0 aliphatic heterocycles. The van der Waals surface area contributed by atoms with Crippen molar-refractivity contribution in [2.45, 2.75) is 19.1 Å². The van der Waals surface area contributed by atoms with Crippen LogP contribution in [0.15, 0.2) is 48.5 Å². The lowest BCUT2D eigenvalue weighted by molar-refractivity contribution is -0.146. The molecule has 0 amide bonds. The van der Waals surface area contributed by atoms with Crippen molar-refractivity contribution in [3.63, 3.8) is 0 Å². The number of nitrogens with two attached hydrogens (primary N) is 2. The molecule has 2 rings (SSSR count). The zero-order chi connectivity index (χ0) is 16.8. The molecule has 1 unspecified atom stereocenters. The highest BCUT2D eigenvalue weighted by Crippen LogP contribution is 2.20. The van der Waals surface area contributed by atoms with E-state index in [0.717, 1.165) is 5.56 Å². The van der Waals surface area contributed by atoms with Crippen LogP contribution in [0.1, 0.15) is 22.3 Å². The lowest BCUT2D eigenvalue weighted by atomic mass is 10.0. The number of halogens is 1. The second-order valence-electron chi connectivity index (χ2n) is 5.06. The molecule has 0 bridgehead atoms. The number of carbonyl (C=O) groups is 2. The van der Waals surface area contributed by atoms with E-state index in [9.17, 15) is 9.59 Å². The van der Waals surface area contributed by atoms with Crippen LogP contribution in [0.3, 0.4) is 0 Å². The van der Waals surface area contributed by atoms with Crippen LogP contribution in [-0.4, -0.2) is 17.8 Å². The maximum absolute atomic E-state index is 12.2. The fourth-order valence-corrected chi connectivity index (χ4v) is 2.20. The summed E-state index contributed by atoms with van der Waals surface area (Å²) in [5, 5.41) is 0.436. The summed E-state index contributed by atoms with van der Waals surface area (Å²) >= 11 is 5.79. The fourth-order valence-electron chi connectivity index (χ4n) is 2.02. The number of hydrogen-bond donors (Lipinski definition) is 2. The van der Waals surface area contributed by atoms with E-state index in [1.165, 1.54) is 12.1 Å². The number of esters is 1. The minimum atomic E-state index is -1.04. The Morgan fingerprint density at radius 3 is 2.48 bits per heavy atom. The number of benzene rings is 2. The smallest absolute Gasteiger partial charge is 0.323 e. The third kappa shape index (κ3) is 4.81. The van der Waals surface area contributed by atoms with Crippen molar-refractivity contribution in [2.75, 3.05) is 5.73 Å². The molecule has 120 valence electrons. The molecule has 0 fully saturated rings. The van der Waals surface area contributed by atoms with Crippen LogP contribution in [0.25, 0.3) is 0 Å². The van der Waals surface area contributed by atoms with E-state index in [4.69, 9.17) is 27.8 Å². The average molecular weight is 333 g/mol. The van der Waals surface area contributed by atoms with Gasteiger partial charge in [0.2, 0.25) is 0 Å². The van der Waals surface area contributed by atoms with Gasteiger partial charge in [-0.2, -0.15) is 0 Å². The Kier molecular flexibility index (Phi) is 5.73. The Balaban J connectivity index is 1.91. The van der Waals surface area contributed by atoms with Gasteiger partial charge in [0.25, 0.3) is 0 Å². The van der Waals surface area contributed by atoms with E-state index in [2.05, 4.69) is 0 Å². The molecule has 0 aromatic heterocycles. The predicted octanol–water partition coefficient (Wildman–Crippen LogP) is 2.57. The predicted molar refractivity (Wildman–Crippen MR) is 89.0 cm³/mol. The Morgan fingerprint density at radius 1 is 1.13 bits per heavy atom. The Labute approximate surface area is 139 Å². The molecule has 1 atom stereocenters. The first-order valence-electron chi connectivity index (χ1n) is 7.01. The molecule has 0 aliphatic rings. The summed E-state index contributed by atoms with van der Waals surface area (Å²) in [6, 6.07) is 12.7. The topological polar surface area (TPSA) is 95.4 Å². The summed E-state index contributed by atoms with van der Waals surface area (Å²) in [5.74, 6) is -0.960. The standard InChI is InChI=1S/C17H17ClN2O3/c18-12-6-7-13(14(19)8-12)16(21)9-15(20)17(22)23-10-11-4-2-1-3-5-11/h1-8,15H,9-10,19-20H2. The van der Waals surface area contributed by atoms with E-state index in [-0.39, 0.29) is 24.5 Å². The average Bonchev–Trinajstić information content (AvgIpc) is 2.53. The van der Waals surface area contributed by atoms with Crippen molar-refractivity contribution >= 4 is 29.0 Å². The largest absolute Gasteiger partial charge is 0.460 e. The van der Waals surface area contributed by atoms with Crippen LogP contribution >= 0.6 is 11.6 Å². The lowest BCUT2D eigenvalue weighted by Gasteiger charge is -2.12. The highest BCUT2D eigenvalue weighted by Gasteiger charge is 2.21. The van der Waals surface area contributed by atoms with Crippen molar-refractivity contribution in [1.82, 2.24) is 0 Å². The van der Waals surface area contributed by atoms with Crippen LogP contribution in [0.5, 0.6) is 0 Å². The van der Waals surface area contributed by atoms with E-state index >= 15 is 0 Å².